The van der Waals surface area contributed by atoms with E-state index < -0.39 is 12.1 Å². The van der Waals surface area contributed by atoms with Crippen molar-refractivity contribution in [2.45, 2.75) is 37.9 Å². The smallest absolute Gasteiger partial charge is 0.243 e. The third-order valence-electron chi connectivity index (χ3n) is 5.12. The maximum Gasteiger partial charge on any atom is 0.243 e. The van der Waals surface area contributed by atoms with Crippen LogP contribution in [0.5, 0.6) is 0 Å². The molecule has 2 atom stereocenters. The van der Waals surface area contributed by atoms with Crippen molar-refractivity contribution in [2.75, 3.05) is 6.54 Å². The Morgan fingerprint density at radius 3 is 2.50 bits per heavy atom. The first-order chi connectivity index (χ1) is 14.1. The zero-order valence-corrected chi connectivity index (χ0v) is 17.6. The maximum absolute atomic E-state index is 12.8. The van der Waals surface area contributed by atoms with Crippen molar-refractivity contribution < 1.29 is 9.59 Å². The quantitative estimate of drug-likeness (QED) is 0.352. The van der Waals surface area contributed by atoms with Crippen LogP contribution in [0.3, 0.4) is 0 Å². The van der Waals surface area contributed by atoms with Gasteiger partial charge in [-0.15, -0.1) is 12.4 Å². The Kier molecular flexibility index (Phi) is 8.83. The average Bonchev–Trinajstić information content (AvgIpc) is 3.23. The Hall–Kier alpha value is -2.90. The summed E-state index contributed by atoms with van der Waals surface area (Å²) >= 11 is 0. The number of nitrogens with one attached hydrogen (secondary N) is 1. The summed E-state index contributed by atoms with van der Waals surface area (Å²) in [4.78, 5) is 27.2. The molecule has 0 spiro atoms. The number of likely N-dealkylation sites (tertiary alicyclic amines) is 1. The van der Waals surface area contributed by atoms with Gasteiger partial charge in [0.2, 0.25) is 11.8 Å². The van der Waals surface area contributed by atoms with Gasteiger partial charge in [-0.2, -0.15) is 5.10 Å². The fourth-order valence-electron chi connectivity index (χ4n) is 3.59. The van der Waals surface area contributed by atoms with Crippen LogP contribution in [-0.2, 0) is 22.6 Å². The van der Waals surface area contributed by atoms with Gasteiger partial charge in [0.1, 0.15) is 6.04 Å². The third kappa shape index (κ3) is 6.05. The average molecular weight is 430 g/mol. The van der Waals surface area contributed by atoms with Crippen LogP contribution < -0.4 is 16.9 Å². The molecule has 1 aliphatic heterocycles. The lowest BCUT2D eigenvalue weighted by Gasteiger charge is -2.26. The summed E-state index contributed by atoms with van der Waals surface area (Å²) in [6, 6.07) is 16.1. The van der Waals surface area contributed by atoms with Gasteiger partial charge >= 0.3 is 0 Å². The Labute approximate surface area is 182 Å². The summed E-state index contributed by atoms with van der Waals surface area (Å²) in [7, 11) is 0. The molecule has 0 aromatic heterocycles. The molecule has 2 aromatic rings. The normalized spacial score (nSPS) is 16.8. The number of halogens is 1. The molecule has 3 rings (SSSR count). The first kappa shape index (κ1) is 23.4. The Bertz CT molecular complexity index is 858. The molecule has 160 valence electrons. The van der Waals surface area contributed by atoms with Gasteiger partial charge in [-0.3, -0.25) is 9.59 Å². The van der Waals surface area contributed by atoms with E-state index in [9.17, 15) is 9.59 Å². The van der Waals surface area contributed by atoms with Crippen LogP contribution in [0.4, 0.5) is 0 Å². The van der Waals surface area contributed by atoms with Gasteiger partial charge in [-0.25, -0.2) is 0 Å². The second-order valence-corrected chi connectivity index (χ2v) is 7.22. The minimum atomic E-state index is -0.650. The van der Waals surface area contributed by atoms with Crippen LogP contribution in [0.2, 0.25) is 0 Å². The van der Waals surface area contributed by atoms with Crippen molar-refractivity contribution in [1.29, 1.82) is 0 Å². The van der Waals surface area contributed by atoms with Gasteiger partial charge in [-0.1, -0.05) is 54.6 Å². The van der Waals surface area contributed by atoms with E-state index in [0.717, 1.165) is 23.1 Å². The highest BCUT2D eigenvalue weighted by Crippen LogP contribution is 2.19. The SMILES string of the molecule is Cl.NN=Cc1ccc(CNC(=O)[C@@H]2CCCN2C(=O)C(N)Cc2ccccc2)cc1. The number of nitrogens with zero attached hydrogens (tertiary/aromatic N) is 2. The van der Waals surface area contributed by atoms with Crippen LogP contribution in [0, 0.1) is 0 Å². The predicted molar refractivity (Wildman–Crippen MR) is 120 cm³/mol. The molecular formula is C22H28ClN5O2. The fourth-order valence-corrected chi connectivity index (χ4v) is 3.59. The second-order valence-electron chi connectivity index (χ2n) is 7.22. The van der Waals surface area contributed by atoms with E-state index in [1.165, 1.54) is 0 Å². The largest absolute Gasteiger partial charge is 0.350 e. The molecule has 8 heteroatoms. The van der Waals surface area contributed by atoms with Crippen LogP contribution >= 0.6 is 12.4 Å². The molecule has 0 saturated carbocycles. The number of nitrogens with two attached hydrogens (primary N) is 2. The number of amides is 2. The van der Waals surface area contributed by atoms with Crippen molar-refractivity contribution >= 4 is 30.4 Å². The molecule has 0 bridgehead atoms. The van der Waals surface area contributed by atoms with Gasteiger partial charge in [0.25, 0.3) is 0 Å². The lowest BCUT2D eigenvalue weighted by atomic mass is 10.1. The highest BCUT2D eigenvalue weighted by Gasteiger charge is 2.35. The van der Waals surface area contributed by atoms with Crippen LogP contribution in [0.1, 0.15) is 29.5 Å². The molecule has 0 radical (unpaired) electrons. The van der Waals surface area contributed by atoms with Gasteiger partial charge in [0, 0.05) is 13.1 Å². The van der Waals surface area contributed by atoms with Gasteiger partial charge < -0.3 is 21.8 Å². The molecule has 1 aliphatic rings. The van der Waals surface area contributed by atoms with Crippen molar-refractivity contribution in [3.63, 3.8) is 0 Å². The Balaban J connectivity index is 0.00000320. The molecule has 1 unspecified atom stereocenters. The highest BCUT2D eigenvalue weighted by atomic mass is 35.5. The highest BCUT2D eigenvalue weighted by molar-refractivity contribution is 5.90. The summed E-state index contributed by atoms with van der Waals surface area (Å²) < 4.78 is 0. The van der Waals surface area contributed by atoms with Crippen molar-refractivity contribution in [1.82, 2.24) is 10.2 Å². The molecule has 30 heavy (non-hydrogen) atoms. The van der Waals surface area contributed by atoms with E-state index in [1.807, 2.05) is 54.6 Å². The van der Waals surface area contributed by atoms with E-state index in [4.69, 9.17) is 11.6 Å². The zero-order valence-electron chi connectivity index (χ0n) is 16.7. The van der Waals surface area contributed by atoms with Crippen LogP contribution in [-0.4, -0.2) is 41.6 Å². The first-order valence-electron chi connectivity index (χ1n) is 9.78. The lowest BCUT2D eigenvalue weighted by molar-refractivity contribution is -0.139. The molecule has 5 N–H and O–H groups in total. The summed E-state index contributed by atoms with van der Waals surface area (Å²) in [5.41, 5.74) is 9.02. The number of rotatable bonds is 7. The van der Waals surface area contributed by atoms with Crippen molar-refractivity contribution in [2.24, 2.45) is 16.7 Å². The number of hydrazone groups is 1. The van der Waals surface area contributed by atoms with E-state index in [0.29, 0.717) is 25.9 Å². The summed E-state index contributed by atoms with van der Waals surface area (Å²) in [6.45, 7) is 0.958. The number of carbonyl (C=O) groups excluding carboxylic acids is 2. The third-order valence-corrected chi connectivity index (χ3v) is 5.12. The van der Waals surface area contributed by atoms with Crippen molar-refractivity contribution in [3.8, 4) is 0 Å². The minimum absolute atomic E-state index is 0. The van der Waals surface area contributed by atoms with Gasteiger partial charge in [0.15, 0.2) is 0 Å². The lowest BCUT2D eigenvalue weighted by Crippen LogP contribution is -2.51. The van der Waals surface area contributed by atoms with Gasteiger partial charge in [0.05, 0.1) is 12.3 Å². The topological polar surface area (TPSA) is 114 Å². The number of carbonyl (C=O) groups is 2. The molecule has 0 aliphatic carbocycles. The number of hydrogen-bond acceptors (Lipinski definition) is 5. The maximum atomic E-state index is 12.8. The molecule has 7 nitrogen and oxygen atoms in total. The van der Waals surface area contributed by atoms with Crippen LogP contribution in [0.15, 0.2) is 59.7 Å². The van der Waals surface area contributed by atoms with Crippen LogP contribution in [0.25, 0.3) is 0 Å². The second kappa shape index (κ2) is 11.3. The molecular weight excluding hydrogens is 402 g/mol. The van der Waals surface area contributed by atoms with E-state index in [1.54, 1.807) is 11.1 Å². The minimum Gasteiger partial charge on any atom is -0.350 e. The fraction of sp³-hybridized carbons (Fsp3) is 0.318. The molecule has 1 saturated heterocycles. The van der Waals surface area contributed by atoms with E-state index in [-0.39, 0.29) is 24.2 Å². The Morgan fingerprint density at radius 1 is 1.13 bits per heavy atom. The van der Waals surface area contributed by atoms with Gasteiger partial charge in [-0.05, 0) is 36.0 Å². The van der Waals surface area contributed by atoms with Crippen molar-refractivity contribution in [3.05, 3.63) is 71.3 Å². The first-order valence-corrected chi connectivity index (χ1v) is 9.78. The predicted octanol–water partition coefficient (Wildman–Crippen LogP) is 1.58. The number of benzene rings is 2. The standard InChI is InChI=1S/C22H27N5O2.ClH/c23-19(13-16-5-2-1-3-6-16)22(29)27-12-4-7-20(27)21(28)25-14-17-8-10-18(11-9-17)15-26-24;/h1-3,5-6,8-11,15,19-20H,4,7,12-14,23-24H2,(H,25,28);1H/t19?,20-;/m0./s1. The molecule has 1 fully saturated rings. The molecule has 2 aromatic carbocycles. The zero-order chi connectivity index (χ0) is 20.6. The molecule has 2 amide bonds. The van der Waals surface area contributed by atoms with E-state index in [2.05, 4.69) is 10.4 Å². The molecule has 1 heterocycles. The summed E-state index contributed by atoms with van der Waals surface area (Å²) in [5, 5.41) is 6.42. The summed E-state index contributed by atoms with van der Waals surface area (Å²) in [5.74, 6) is 4.83. The summed E-state index contributed by atoms with van der Waals surface area (Å²) in [6.07, 6.45) is 3.47. The van der Waals surface area contributed by atoms with E-state index >= 15 is 0 Å². The Morgan fingerprint density at radius 2 is 1.83 bits per heavy atom. The number of hydrogen-bond donors (Lipinski definition) is 3. The monoisotopic (exact) mass is 429 g/mol.